The highest BCUT2D eigenvalue weighted by atomic mass is 32.1. The number of benzene rings is 1. The molecule has 0 bridgehead atoms. The van der Waals surface area contributed by atoms with E-state index in [1.54, 1.807) is 9.80 Å². The molecule has 1 atom stereocenters. The fourth-order valence-corrected chi connectivity index (χ4v) is 6.04. The zero-order valence-electron chi connectivity index (χ0n) is 21.5. The Bertz CT molecular complexity index is 1220. The van der Waals surface area contributed by atoms with Gasteiger partial charge in [-0.3, -0.25) is 15.0 Å². The largest absolute Gasteiger partial charge is 0.432 e. The number of rotatable bonds is 7. The van der Waals surface area contributed by atoms with Gasteiger partial charge >= 0.3 is 6.18 Å². The number of aromatic nitrogens is 1. The van der Waals surface area contributed by atoms with Crippen LogP contribution < -0.4 is 5.32 Å². The Labute approximate surface area is 224 Å². The van der Waals surface area contributed by atoms with Crippen molar-refractivity contribution in [3.05, 3.63) is 63.2 Å². The first-order valence-corrected chi connectivity index (χ1v) is 13.6. The highest BCUT2D eigenvalue weighted by Gasteiger charge is 2.33. The van der Waals surface area contributed by atoms with Crippen molar-refractivity contribution in [3.8, 4) is 0 Å². The fourth-order valence-electron chi connectivity index (χ4n) is 5.08. The summed E-state index contributed by atoms with van der Waals surface area (Å²) in [5.74, 6) is -0.151. The maximum absolute atomic E-state index is 13.3. The number of aryl methyl sites for hydroxylation is 1. The van der Waals surface area contributed by atoms with Gasteiger partial charge in [0, 0.05) is 37.1 Å². The number of halogens is 3. The number of thiazole rings is 1. The number of piperidine rings is 1. The van der Waals surface area contributed by atoms with Gasteiger partial charge in [0.1, 0.15) is 11.4 Å². The highest BCUT2D eigenvalue weighted by Crippen LogP contribution is 2.35. The van der Waals surface area contributed by atoms with Crippen LogP contribution in [0.5, 0.6) is 0 Å². The fraction of sp³-hybridized carbons (Fsp3) is 0.481. The lowest BCUT2D eigenvalue weighted by Gasteiger charge is -2.33. The van der Waals surface area contributed by atoms with Gasteiger partial charge in [-0.25, -0.2) is 4.98 Å². The molecule has 1 aliphatic heterocycles. The van der Waals surface area contributed by atoms with Crippen molar-refractivity contribution in [1.82, 2.24) is 20.1 Å². The molecular weight excluding hydrogens is 515 g/mol. The Balaban J connectivity index is 1.29. The van der Waals surface area contributed by atoms with Gasteiger partial charge in [-0.05, 0) is 56.2 Å². The second kappa shape index (κ2) is 11.7. The van der Waals surface area contributed by atoms with Crippen LogP contribution in [0.4, 0.5) is 13.2 Å². The van der Waals surface area contributed by atoms with E-state index >= 15 is 0 Å². The van der Waals surface area contributed by atoms with Gasteiger partial charge in [-0.1, -0.05) is 24.3 Å². The molecule has 38 heavy (non-hydrogen) atoms. The number of nitrogens with one attached hydrogen (secondary N) is 2. The number of carbonyl (C=O) groups excluding carboxylic acids is 2. The molecule has 0 unspecified atom stereocenters. The van der Waals surface area contributed by atoms with E-state index in [9.17, 15) is 22.8 Å². The molecule has 0 radical (unpaired) electrons. The number of alkyl halides is 3. The average Bonchev–Trinajstić information content (AvgIpc) is 3.40. The van der Waals surface area contributed by atoms with Crippen LogP contribution in [0.25, 0.3) is 0 Å². The summed E-state index contributed by atoms with van der Waals surface area (Å²) < 4.78 is 37.5. The van der Waals surface area contributed by atoms with Gasteiger partial charge in [0.2, 0.25) is 5.91 Å². The third kappa shape index (κ3) is 6.43. The summed E-state index contributed by atoms with van der Waals surface area (Å²) in [5, 5.41) is 12.4. The van der Waals surface area contributed by atoms with Crippen LogP contribution in [0.3, 0.4) is 0 Å². The third-order valence-electron chi connectivity index (χ3n) is 7.25. The number of likely N-dealkylation sites (tertiary alicyclic amines) is 1. The lowest BCUT2D eigenvalue weighted by molar-refractivity contribution is -0.131. The van der Waals surface area contributed by atoms with Gasteiger partial charge in [0.15, 0.2) is 0 Å². The Kier molecular flexibility index (Phi) is 8.54. The van der Waals surface area contributed by atoms with E-state index in [0.717, 1.165) is 24.3 Å². The number of hydrogen-bond acceptors (Lipinski definition) is 6. The van der Waals surface area contributed by atoms with E-state index in [1.165, 1.54) is 29.4 Å². The first-order chi connectivity index (χ1) is 18.0. The van der Waals surface area contributed by atoms with Gasteiger partial charge < -0.3 is 15.1 Å². The van der Waals surface area contributed by atoms with E-state index in [1.807, 2.05) is 24.6 Å². The molecule has 0 spiro atoms. The Morgan fingerprint density at radius 1 is 1.24 bits per heavy atom. The number of amides is 2. The third-order valence-corrected chi connectivity index (χ3v) is 8.26. The summed E-state index contributed by atoms with van der Waals surface area (Å²) >= 11 is 1.47. The van der Waals surface area contributed by atoms with Crippen molar-refractivity contribution in [2.24, 2.45) is 0 Å². The molecule has 1 saturated heterocycles. The Hall–Kier alpha value is -3.21. The molecule has 204 valence electrons. The molecule has 2 N–H and O–H groups in total. The van der Waals surface area contributed by atoms with Gasteiger partial charge in [-0.2, -0.15) is 13.2 Å². The topological polar surface area (TPSA) is 89.4 Å². The number of hydrogen-bond donors (Lipinski definition) is 2. The van der Waals surface area contributed by atoms with Crippen molar-refractivity contribution >= 4 is 28.9 Å². The molecular formula is C27H32F3N5O2S. The summed E-state index contributed by atoms with van der Waals surface area (Å²) in [6.07, 6.45) is 0.362. The van der Waals surface area contributed by atoms with Crippen molar-refractivity contribution in [1.29, 1.82) is 5.41 Å². The predicted octanol–water partition coefficient (Wildman–Crippen LogP) is 5.07. The van der Waals surface area contributed by atoms with Crippen molar-refractivity contribution in [2.45, 2.75) is 57.2 Å². The lowest BCUT2D eigenvalue weighted by Crippen LogP contribution is -2.42. The summed E-state index contributed by atoms with van der Waals surface area (Å²) in [4.78, 5) is 34.0. The van der Waals surface area contributed by atoms with Crippen LogP contribution in [0.15, 0.2) is 41.4 Å². The van der Waals surface area contributed by atoms with Crippen molar-refractivity contribution in [3.63, 3.8) is 0 Å². The van der Waals surface area contributed by atoms with Crippen LogP contribution in [0, 0.1) is 5.41 Å². The summed E-state index contributed by atoms with van der Waals surface area (Å²) in [6.45, 7) is 2.28. The molecule has 2 amide bonds. The lowest BCUT2D eigenvalue weighted by atomic mass is 9.87. The molecule has 1 aromatic heterocycles. The SMILES string of the molecule is C/C(=C/C(=N)C(F)(F)F)NCC(=O)N1CCC(c2nc(C(=O)N(C)[C@@H]3CCCc4ccccc43)cs2)CC1. The smallest absolute Gasteiger partial charge is 0.380 e. The maximum Gasteiger partial charge on any atom is 0.432 e. The first-order valence-electron chi connectivity index (χ1n) is 12.7. The minimum Gasteiger partial charge on any atom is -0.380 e. The Morgan fingerprint density at radius 3 is 2.66 bits per heavy atom. The van der Waals surface area contributed by atoms with Crippen LogP contribution in [-0.4, -0.2) is 65.2 Å². The van der Waals surface area contributed by atoms with Crippen LogP contribution in [0.2, 0.25) is 0 Å². The van der Waals surface area contributed by atoms with Gasteiger partial charge in [0.05, 0.1) is 17.6 Å². The molecule has 1 aromatic carbocycles. The highest BCUT2D eigenvalue weighted by molar-refractivity contribution is 7.09. The summed E-state index contributed by atoms with van der Waals surface area (Å²) in [6, 6.07) is 8.32. The van der Waals surface area contributed by atoms with Crippen molar-refractivity contribution in [2.75, 3.05) is 26.7 Å². The summed E-state index contributed by atoms with van der Waals surface area (Å²) in [5.41, 5.74) is 1.60. The molecule has 2 aliphatic rings. The minimum absolute atomic E-state index is 0.0398. The van der Waals surface area contributed by atoms with Crippen LogP contribution in [0.1, 0.15) is 71.2 Å². The molecule has 2 aromatic rings. The second-order valence-electron chi connectivity index (χ2n) is 9.84. The van der Waals surface area contributed by atoms with E-state index < -0.39 is 11.9 Å². The predicted molar refractivity (Wildman–Crippen MR) is 140 cm³/mol. The zero-order chi connectivity index (χ0) is 27.4. The molecule has 4 rings (SSSR count). The van der Waals surface area contributed by atoms with Crippen LogP contribution in [-0.2, 0) is 11.2 Å². The number of nitrogens with zero attached hydrogens (tertiary/aromatic N) is 3. The van der Waals surface area contributed by atoms with E-state index in [-0.39, 0.29) is 36.0 Å². The zero-order valence-corrected chi connectivity index (χ0v) is 22.3. The van der Waals surface area contributed by atoms with E-state index in [2.05, 4.69) is 22.4 Å². The normalized spacial score (nSPS) is 18.6. The second-order valence-corrected chi connectivity index (χ2v) is 10.7. The Morgan fingerprint density at radius 2 is 1.95 bits per heavy atom. The van der Waals surface area contributed by atoms with Gasteiger partial charge in [0.25, 0.3) is 5.91 Å². The van der Waals surface area contributed by atoms with E-state index in [0.29, 0.717) is 37.7 Å². The van der Waals surface area contributed by atoms with E-state index in [4.69, 9.17) is 5.41 Å². The average molecular weight is 548 g/mol. The molecule has 0 saturated carbocycles. The molecule has 1 aliphatic carbocycles. The maximum atomic E-state index is 13.3. The standard InChI is InChI=1S/C27H32F3N5O2S/c1-17(14-23(31)27(28,29)30)32-15-24(36)35-12-10-19(11-13-35)25-33-21(16-38-25)26(37)34(2)22-9-5-7-18-6-3-4-8-20(18)22/h3-4,6,8,14,16,19,22,31-32H,5,7,9-13,15H2,1-2H3/b17-14-,31-23?/t22-/m1/s1. The summed E-state index contributed by atoms with van der Waals surface area (Å²) in [7, 11) is 1.84. The molecule has 2 heterocycles. The van der Waals surface area contributed by atoms with Gasteiger partial charge in [-0.15, -0.1) is 11.3 Å². The monoisotopic (exact) mass is 547 g/mol. The number of carbonyl (C=O) groups is 2. The molecule has 11 heteroatoms. The number of fused-ring (bicyclic) bond motifs is 1. The van der Waals surface area contributed by atoms with Crippen LogP contribution >= 0.6 is 11.3 Å². The van der Waals surface area contributed by atoms with Crippen molar-refractivity contribution < 1.29 is 22.8 Å². The molecule has 1 fully saturated rings. The first kappa shape index (κ1) is 27.8. The number of allylic oxidation sites excluding steroid dienone is 2. The minimum atomic E-state index is -4.72. The molecule has 7 nitrogen and oxygen atoms in total. The quantitative estimate of drug-likeness (QED) is 0.474.